The van der Waals surface area contributed by atoms with Gasteiger partial charge in [0.05, 0.1) is 11.0 Å². The molecule has 1 amide bonds. The number of carbonyl (C=O) groups is 1. The molecule has 3 rings (SSSR count). The van der Waals surface area contributed by atoms with Gasteiger partial charge in [0.25, 0.3) is 0 Å². The molecule has 3 nitrogen and oxygen atoms in total. The number of halogens is 3. The summed E-state index contributed by atoms with van der Waals surface area (Å²) in [6, 6.07) is 12.1. The Labute approximate surface area is 142 Å². The third kappa shape index (κ3) is 3.24. The van der Waals surface area contributed by atoms with Gasteiger partial charge >= 0.3 is 6.18 Å². The second-order valence-corrected chi connectivity index (χ2v) is 6.40. The van der Waals surface area contributed by atoms with E-state index in [1.165, 1.54) is 12.1 Å². The lowest BCUT2D eigenvalue weighted by Crippen LogP contribution is -2.34. The minimum atomic E-state index is -4.40. The van der Waals surface area contributed by atoms with Gasteiger partial charge in [0.2, 0.25) is 5.91 Å². The van der Waals surface area contributed by atoms with E-state index in [1.54, 1.807) is 20.0 Å². The monoisotopic (exact) mass is 346 g/mol. The Kier molecular flexibility index (Phi) is 4.06. The highest BCUT2D eigenvalue weighted by Gasteiger charge is 2.33. The molecule has 130 valence electrons. The summed E-state index contributed by atoms with van der Waals surface area (Å²) in [5, 5.41) is 3.63. The molecule has 0 bridgehead atoms. The fourth-order valence-electron chi connectivity index (χ4n) is 2.74. The van der Waals surface area contributed by atoms with E-state index in [2.05, 4.69) is 10.3 Å². The van der Waals surface area contributed by atoms with Crippen LogP contribution >= 0.6 is 0 Å². The van der Waals surface area contributed by atoms with Crippen LogP contribution in [0.1, 0.15) is 25.0 Å². The molecule has 0 unspecified atom stereocenters. The zero-order valence-corrected chi connectivity index (χ0v) is 13.7. The van der Waals surface area contributed by atoms with Gasteiger partial charge in [0.15, 0.2) is 0 Å². The number of carbonyl (C=O) groups excluding carboxylic acids is 1. The van der Waals surface area contributed by atoms with Crippen LogP contribution in [-0.2, 0) is 16.4 Å². The van der Waals surface area contributed by atoms with Crippen LogP contribution in [0, 0.1) is 0 Å². The lowest BCUT2D eigenvalue weighted by atomic mass is 9.83. The second kappa shape index (κ2) is 5.95. The van der Waals surface area contributed by atoms with Crippen LogP contribution in [0.2, 0.25) is 0 Å². The summed E-state index contributed by atoms with van der Waals surface area (Å²) in [6.45, 7) is 3.56. The van der Waals surface area contributed by atoms with Crippen molar-refractivity contribution in [1.29, 1.82) is 0 Å². The highest BCUT2D eigenvalue weighted by atomic mass is 19.4. The predicted molar refractivity (Wildman–Crippen MR) is 91.4 cm³/mol. The van der Waals surface area contributed by atoms with Crippen LogP contribution in [-0.4, -0.2) is 10.9 Å². The number of fused-ring (bicyclic) bond motifs is 1. The molecule has 0 spiro atoms. The summed E-state index contributed by atoms with van der Waals surface area (Å²) in [5.74, 6) is -0.294. The molecule has 0 saturated heterocycles. The number of alkyl halides is 3. The summed E-state index contributed by atoms with van der Waals surface area (Å²) in [4.78, 5) is 15.8. The second-order valence-electron chi connectivity index (χ2n) is 6.40. The minimum Gasteiger partial charge on any atom is -0.361 e. The zero-order valence-electron chi connectivity index (χ0n) is 13.7. The number of aromatic nitrogens is 1. The highest BCUT2D eigenvalue weighted by molar-refractivity contribution is 6.01. The Bertz CT molecular complexity index is 908. The third-order valence-corrected chi connectivity index (χ3v) is 4.30. The Morgan fingerprint density at radius 2 is 1.64 bits per heavy atom. The summed E-state index contributed by atoms with van der Waals surface area (Å²) in [5.41, 5.74) is 0.468. The van der Waals surface area contributed by atoms with Gasteiger partial charge in [-0.15, -0.1) is 0 Å². The fourth-order valence-corrected chi connectivity index (χ4v) is 2.74. The van der Waals surface area contributed by atoms with Gasteiger partial charge in [0.1, 0.15) is 0 Å². The van der Waals surface area contributed by atoms with E-state index < -0.39 is 17.2 Å². The maximum absolute atomic E-state index is 12.7. The van der Waals surface area contributed by atoms with Gasteiger partial charge in [-0.05, 0) is 49.7 Å². The van der Waals surface area contributed by atoms with E-state index in [0.29, 0.717) is 5.69 Å². The Morgan fingerprint density at radius 1 is 1.00 bits per heavy atom. The molecule has 0 aliphatic rings. The topological polar surface area (TPSA) is 44.9 Å². The number of nitrogens with one attached hydrogen (secondary N) is 2. The highest BCUT2D eigenvalue weighted by Crippen LogP contribution is 2.33. The van der Waals surface area contributed by atoms with E-state index in [4.69, 9.17) is 0 Å². The largest absolute Gasteiger partial charge is 0.416 e. The standard InChI is InChI=1S/C19H17F3N2O/c1-18(2,15-11-23-16-6-4-3-5-14(15)16)17(25)24-13-9-7-12(8-10-13)19(20,21)22/h3-11,23H,1-2H3,(H,24,25). The van der Waals surface area contributed by atoms with Crippen molar-refractivity contribution in [1.82, 2.24) is 4.98 Å². The number of rotatable bonds is 3. The summed E-state index contributed by atoms with van der Waals surface area (Å²) in [7, 11) is 0. The number of para-hydroxylation sites is 1. The molecule has 0 aliphatic heterocycles. The van der Waals surface area contributed by atoms with E-state index in [-0.39, 0.29) is 5.91 Å². The van der Waals surface area contributed by atoms with E-state index in [9.17, 15) is 18.0 Å². The molecule has 3 aromatic rings. The van der Waals surface area contributed by atoms with Gasteiger partial charge < -0.3 is 10.3 Å². The van der Waals surface area contributed by atoms with Gasteiger partial charge in [-0.25, -0.2) is 0 Å². The molecular weight excluding hydrogens is 329 g/mol. The summed E-state index contributed by atoms with van der Waals surface area (Å²) in [6.07, 6.45) is -2.61. The molecule has 1 aromatic heterocycles. The van der Waals surface area contributed by atoms with Crippen LogP contribution in [0.5, 0.6) is 0 Å². The van der Waals surface area contributed by atoms with Crippen LogP contribution < -0.4 is 5.32 Å². The quantitative estimate of drug-likeness (QED) is 0.681. The van der Waals surface area contributed by atoms with Crippen molar-refractivity contribution in [2.45, 2.75) is 25.4 Å². The first-order valence-corrected chi connectivity index (χ1v) is 7.75. The number of hydrogen-bond acceptors (Lipinski definition) is 1. The van der Waals surface area contributed by atoms with E-state index in [1.807, 2.05) is 24.3 Å². The van der Waals surface area contributed by atoms with Crippen molar-refractivity contribution >= 4 is 22.5 Å². The van der Waals surface area contributed by atoms with Crippen molar-refractivity contribution in [3.05, 3.63) is 65.9 Å². The first-order valence-electron chi connectivity index (χ1n) is 7.75. The summed E-state index contributed by atoms with van der Waals surface area (Å²) >= 11 is 0. The van der Waals surface area contributed by atoms with Crippen molar-refractivity contribution in [2.75, 3.05) is 5.32 Å². The Morgan fingerprint density at radius 3 is 2.28 bits per heavy atom. The first kappa shape index (κ1) is 17.1. The molecule has 0 radical (unpaired) electrons. The number of hydrogen-bond donors (Lipinski definition) is 2. The number of H-pyrrole nitrogens is 1. The maximum Gasteiger partial charge on any atom is 0.416 e. The van der Waals surface area contributed by atoms with Crippen LogP contribution in [0.15, 0.2) is 54.7 Å². The summed E-state index contributed by atoms with van der Waals surface area (Å²) < 4.78 is 37.8. The van der Waals surface area contributed by atoms with Crippen LogP contribution in [0.4, 0.5) is 18.9 Å². The van der Waals surface area contributed by atoms with Crippen molar-refractivity contribution in [3.63, 3.8) is 0 Å². The Balaban J connectivity index is 1.84. The normalized spacial score (nSPS) is 12.4. The third-order valence-electron chi connectivity index (χ3n) is 4.30. The first-order chi connectivity index (χ1) is 11.7. The number of benzene rings is 2. The zero-order chi connectivity index (χ0) is 18.2. The lowest BCUT2D eigenvalue weighted by Gasteiger charge is -2.23. The molecule has 0 saturated carbocycles. The molecule has 1 heterocycles. The van der Waals surface area contributed by atoms with Crippen molar-refractivity contribution in [2.24, 2.45) is 0 Å². The number of anilines is 1. The van der Waals surface area contributed by atoms with Crippen LogP contribution in [0.25, 0.3) is 10.9 Å². The minimum absolute atomic E-state index is 0.294. The van der Waals surface area contributed by atoms with E-state index >= 15 is 0 Å². The van der Waals surface area contributed by atoms with Crippen molar-refractivity contribution < 1.29 is 18.0 Å². The predicted octanol–water partition coefficient (Wildman–Crippen LogP) is 5.10. The molecule has 25 heavy (non-hydrogen) atoms. The molecule has 2 aromatic carbocycles. The lowest BCUT2D eigenvalue weighted by molar-refractivity contribution is -0.137. The number of amides is 1. The average molecular weight is 346 g/mol. The molecule has 0 atom stereocenters. The van der Waals surface area contributed by atoms with Gasteiger partial charge in [0, 0.05) is 22.8 Å². The fraction of sp³-hybridized carbons (Fsp3) is 0.211. The molecule has 0 fully saturated rings. The molecular formula is C19H17F3N2O. The average Bonchev–Trinajstić information content (AvgIpc) is 2.99. The maximum atomic E-state index is 12.7. The molecule has 6 heteroatoms. The smallest absolute Gasteiger partial charge is 0.361 e. The Hall–Kier alpha value is -2.76. The van der Waals surface area contributed by atoms with E-state index in [0.717, 1.165) is 28.6 Å². The number of aromatic amines is 1. The molecule has 2 N–H and O–H groups in total. The van der Waals surface area contributed by atoms with Gasteiger partial charge in [-0.2, -0.15) is 13.2 Å². The SMILES string of the molecule is CC(C)(C(=O)Nc1ccc(C(F)(F)F)cc1)c1c[nH]c2ccccc12. The van der Waals surface area contributed by atoms with Gasteiger partial charge in [-0.1, -0.05) is 18.2 Å². The molecule has 0 aliphatic carbocycles. The van der Waals surface area contributed by atoms with Crippen LogP contribution in [0.3, 0.4) is 0 Å². The van der Waals surface area contributed by atoms with Crippen molar-refractivity contribution in [3.8, 4) is 0 Å². The van der Waals surface area contributed by atoms with Gasteiger partial charge in [-0.3, -0.25) is 4.79 Å².